The highest BCUT2D eigenvalue weighted by Crippen LogP contribution is 2.57. The van der Waals surface area contributed by atoms with Gasteiger partial charge in [0.15, 0.2) is 0 Å². The van der Waals surface area contributed by atoms with Crippen molar-refractivity contribution in [2.75, 3.05) is 46.5 Å². The summed E-state index contributed by atoms with van der Waals surface area (Å²) in [6.07, 6.45) is 1.98. The van der Waals surface area contributed by atoms with Gasteiger partial charge in [0.05, 0.1) is 6.10 Å². The number of rotatable bonds is 3. The largest absolute Gasteiger partial charge is 0.377 e. The molecule has 0 radical (unpaired) electrons. The number of carbonyl (C=O) groups is 2. The topological polar surface area (TPSA) is 85.1 Å². The van der Waals surface area contributed by atoms with Crippen LogP contribution in [0.1, 0.15) is 26.7 Å². The molecule has 2 heterocycles. The summed E-state index contributed by atoms with van der Waals surface area (Å²) in [6, 6.07) is 0. The molecule has 0 bridgehead atoms. The molecule has 3 atom stereocenters. The molecule has 2 saturated heterocycles. The van der Waals surface area contributed by atoms with Crippen molar-refractivity contribution in [2.24, 2.45) is 17.1 Å². The number of amides is 2. The highest BCUT2D eigenvalue weighted by atomic mass is 35.5. The average molecular weight is 376 g/mol. The van der Waals surface area contributed by atoms with Crippen LogP contribution in [0, 0.1) is 11.3 Å². The number of carbonyl (C=O) groups excluding carboxylic acids is 2. The third kappa shape index (κ3) is 3.05. The molecule has 3 fully saturated rings. The van der Waals surface area contributed by atoms with Gasteiger partial charge in [-0.25, -0.2) is 0 Å². The van der Waals surface area contributed by atoms with Crippen molar-refractivity contribution in [1.29, 1.82) is 0 Å². The fraction of sp³-hybridized carbons (Fsp3) is 0.882. The van der Waals surface area contributed by atoms with Crippen molar-refractivity contribution in [1.82, 2.24) is 9.80 Å². The Labute approximate surface area is 155 Å². The number of nitrogens with two attached hydrogens (primary N) is 1. The lowest BCUT2D eigenvalue weighted by molar-refractivity contribution is -0.230. The number of methoxy groups -OCH3 is 1. The minimum absolute atomic E-state index is 0. The highest BCUT2D eigenvalue weighted by molar-refractivity contribution is 5.90. The number of fused-ring (bicyclic) bond motifs is 1. The Bertz CT molecular complexity index is 522. The first-order valence-corrected chi connectivity index (χ1v) is 8.80. The lowest BCUT2D eigenvalue weighted by atomic mass is 9.46. The van der Waals surface area contributed by atoms with Gasteiger partial charge in [0.2, 0.25) is 11.8 Å². The summed E-state index contributed by atoms with van der Waals surface area (Å²) in [4.78, 5) is 28.6. The molecule has 144 valence electrons. The Morgan fingerprint density at radius 1 is 1.20 bits per heavy atom. The fourth-order valence-electron chi connectivity index (χ4n) is 4.65. The van der Waals surface area contributed by atoms with E-state index in [4.69, 9.17) is 15.2 Å². The molecule has 2 aliphatic heterocycles. The van der Waals surface area contributed by atoms with E-state index in [9.17, 15) is 9.59 Å². The van der Waals surface area contributed by atoms with Gasteiger partial charge in [-0.05, 0) is 12.8 Å². The van der Waals surface area contributed by atoms with Gasteiger partial charge in [0.1, 0.15) is 12.1 Å². The van der Waals surface area contributed by atoms with Gasteiger partial charge in [-0.3, -0.25) is 9.59 Å². The van der Waals surface area contributed by atoms with Crippen LogP contribution in [-0.4, -0.2) is 79.8 Å². The van der Waals surface area contributed by atoms with E-state index in [0.717, 1.165) is 19.4 Å². The van der Waals surface area contributed by atoms with Gasteiger partial charge in [-0.1, -0.05) is 13.8 Å². The lowest BCUT2D eigenvalue weighted by Gasteiger charge is -2.66. The standard InChI is InChI=1S/C17H29N3O4.ClH/c1-16(2)14-12(5-4-10-24-14)17(16,18)15(22)20-8-6-19(7-9-20)13(21)11-23-3;/h12,14H,4-11,18H2,1-3H3;1H. The van der Waals surface area contributed by atoms with E-state index >= 15 is 0 Å². The molecule has 8 heteroatoms. The third-order valence-corrected chi connectivity index (χ3v) is 6.23. The van der Waals surface area contributed by atoms with Gasteiger partial charge >= 0.3 is 0 Å². The Morgan fingerprint density at radius 2 is 1.80 bits per heavy atom. The van der Waals surface area contributed by atoms with Crippen LogP contribution in [0.4, 0.5) is 0 Å². The van der Waals surface area contributed by atoms with Crippen molar-refractivity contribution in [3.8, 4) is 0 Å². The molecule has 7 nitrogen and oxygen atoms in total. The molecule has 3 rings (SSSR count). The van der Waals surface area contributed by atoms with Crippen LogP contribution in [0.2, 0.25) is 0 Å². The van der Waals surface area contributed by atoms with Gasteiger partial charge in [-0.2, -0.15) is 0 Å². The van der Waals surface area contributed by atoms with Crippen molar-refractivity contribution >= 4 is 24.2 Å². The van der Waals surface area contributed by atoms with E-state index in [0.29, 0.717) is 26.2 Å². The maximum absolute atomic E-state index is 13.2. The summed E-state index contributed by atoms with van der Waals surface area (Å²) in [5.41, 5.74) is 5.45. The molecule has 3 aliphatic rings. The van der Waals surface area contributed by atoms with E-state index < -0.39 is 5.54 Å². The first kappa shape index (κ1) is 20.4. The molecule has 2 N–H and O–H groups in total. The summed E-state index contributed by atoms with van der Waals surface area (Å²) >= 11 is 0. The highest BCUT2D eigenvalue weighted by Gasteiger charge is 2.70. The zero-order chi connectivity index (χ0) is 17.5. The lowest BCUT2D eigenvalue weighted by Crippen LogP contribution is -2.82. The molecule has 25 heavy (non-hydrogen) atoms. The summed E-state index contributed by atoms with van der Waals surface area (Å²) in [5.74, 6) is 0.0803. The Hall–Kier alpha value is -0.890. The van der Waals surface area contributed by atoms with Gasteiger partial charge in [0.25, 0.3) is 0 Å². The van der Waals surface area contributed by atoms with Crippen molar-refractivity contribution in [2.45, 2.75) is 38.3 Å². The van der Waals surface area contributed by atoms with Crippen LogP contribution in [-0.2, 0) is 19.1 Å². The number of piperazine rings is 1. The number of hydrogen-bond acceptors (Lipinski definition) is 5. The smallest absolute Gasteiger partial charge is 0.248 e. The van der Waals surface area contributed by atoms with Crippen LogP contribution in [0.15, 0.2) is 0 Å². The zero-order valence-corrected chi connectivity index (χ0v) is 16.1. The molecule has 0 aromatic heterocycles. The number of nitrogens with zero attached hydrogens (tertiary/aromatic N) is 2. The Balaban J connectivity index is 0.00000225. The van der Waals surface area contributed by atoms with Crippen LogP contribution in [0.3, 0.4) is 0 Å². The quantitative estimate of drug-likeness (QED) is 0.764. The number of halogens is 1. The second kappa shape index (κ2) is 7.39. The van der Waals surface area contributed by atoms with E-state index in [1.165, 1.54) is 7.11 Å². The Morgan fingerprint density at radius 3 is 2.40 bits per heavy atom. The fourth-order valence-corrected chi connectivity index (χ4v) is 4.65. The first-order chi connectivity index (χ1) is 11.3. The van der Waals surface area contributed by atoms with Crippen LogP contribution in [0.25, 0.3) is 0 Å². The van der Waals surface area contributed by atoms with Crippen LogP contribution < -0.4 is 5.73 Å². The molecule has 1 saturated carbocycles. The number of hydrogen-bond donors (Lipinski definition) is 1. The minimum Gasteiger partial charge on any atom is -0.377 e. The maximum Gasteiger partial charge on any atom is 0.248 e. The summed E-state index contributed by atoms with van der Waals surface area (Å²) in [7, 11) is 1.51. The van der Waals surface area contributed by atoms with Crippen molar-refractivity contribution in [3.05, 3.63) is 0 Å². The average Bonchev–Trinajstić information content (AvgIpc) is 2.60. The monoisotopic (exact) mass is 375 g/mol. The van der Waals surface area contributed by atoms with E-state index in [2.05, 4.69) is 0 Å². The number of ether oxygens (including phenoxy) is 2. The van der Waals surface area contributed by atoms with Crippen LogP contribution in [0.5, 0.6) is 0 Å². The molecular formula is C17H30ClN3O4. The molecule has 0 spiro atoms. The van der Waals surface area contributed by atoms with E-state index in [1.54, 1.807) is 4.90 Å². The minimum atomic E-state index is -0.864. The third-order valence-electron chi connectivity index (χ3n) is 6.23. The predicted octanol–water partition coefficient (Wildman–Crippen LogP) is 0.258. The maximum atomic E-state index is 13.2. The Kier molecular flexibility index (Phi) is 6.03. The van der Waals surface area contributed by atoms with Gasteiger partial charge < -0.3 is 25.0 Å². The van der Waals surface area contributed by atoms with Crippen LogP contribution >= 0.6 is 12.4 Å². The first-order valence-electron chi connectivity index (χ1n) is 8.80. The van der Waals surface area contributed by atoms with E-state index in [1.807, 2.05) is 18.7 Å². The molecule has 0 aromatic carbocycles. The molecule has 2 amide bonds. The predicted molar refractivity (Wildman–Crippen MR) is 95.4 cm³/mol. The van der Waals surface area contributed by atoms with E-state index in [-0.39, 0.29) is 48.3 Å². The van der Waals surface area contributed by atoms with Crippen molar-refractivity contribution < 1.29 is 19.1 Å². The molecular weight excluding hydrogens is 346 g/mol. The van der Waals surface area contributed by atoms with Gasteiger partial charge in [-0.15, -0.1) is 12.4 Å². The van der Waals surface area contributed by atoms with Crippen molar-refractivity contribution in [3.63, 3.8) is 0 Å². The summed E-state index contributed by atoms with van der Waals surface area (Å²) in [5, 5.41) is 0. The molecule has 1 aliphatic carbocycles. The normalized spacial score (nSPS) is 33.8. The zero-order valence-electron chi connectivity index (χ0n) is 15.3. The summed E-state index contributed by atoms with van der Waals surface area (Å²) in [6.45, 7) is 7.05. The molecule has 0 aromatic rings. The second-order valence-electron chi connectivity index (χ2n) is 7.74. The summed E-state index contributed by atoms with van der Waals surface area (Å²) < 4.78 is 10.8. The molecule has 3 unspecified atom stereocenters. The van der Waals surface area contributed by atoms with Gasteiger partial charge in [0, 0.05) is 51.2 Å². The second-order valence-corrected chi connectivity index (χ2v) is 7.74. The SMILES string of the molecule is COCC(=O)N1CCN(C(=O)C2(N)C3CCCOC3C2(C)C)CC1.Cl.